The number of aromatic nitrogens is 3. The monoisotopic (exact) mass is 419 g/mol. The molecule has 0 aliphatic carbocycles. The van der Waals surface area contributed by atoms with Crippen molar-refractivity contribution in [1.82, 2.24) is 14.4 Å². The maximum absolute atomic E-state index is 13.0. The number of allylic oxidation sites excluding steroid dienone is 1. The van der Waals surface area contributed by atoms with Crippen LogP contribution >= 0.6 is 11.3 Å². The first kappa shape index (κ1) is 19.8. The van der Waals surface area contributed by atoms with Crippen LogP contribution in [0.4, 0.5) is 0 Å². The lowest BCUT2D eigenvalue weighted by atomic mass is 10.0. The van der Waals surface area contributed by atoms with Crippen molar-refractivity contribution in [1.29, 1.82) is 0 Å². The summed E-state index contributed by atoms with van der Waals surface area (Å²) in [5.74, 6) is -0.635. The van der Waals surface area contributed by atoms with Gasteiger partial charge in [0.15, 0.2) is 10.7 Å². The lowest BCUT2D eigenvalue weighted by Gasteiger charge is -2.01. The molecule has 0 atom stereocenters. The maximum atomic E-state index is 13.0. The smallest absolute Gasteiger partial charge is 0.355 e. The fourth-order valence-corrected chi connectivity index (χ4v) is 4.26. The number of ketones is 1. The Kier molecular flexibility index (Phi) is 5.37. The Labute approximate surface area is 177 Å². The number of benzene rings is 1. The first-order chi connectivity index (χ1) is 14.5. The standard InChI is InChI=1S/C23H21N3O3S/c1-4-29-22(28)20-14(2)19(15(3)24-20)18(27)11-10-17-21(16-8-6-5-7-9-16)25-23-26(17)12-13-30-23/h5-13,24H,4H2,1-3H3. The third kappa shape index (κ3) is 3.48. The molecule has 6 nitrogen and oxygen atoms in total. The average molecular weight is 420 g/mol. The van der Waals surface area contributed by atoms with E-state index in [0.29, 0.717) is 22.5 Å². The van der Waals surface area contributed by atoms with Crippen LogP contribution in [0.1, 0.15) is 44.7 Å². The molecule has 0 fully saturated rings. The highest BCUT2D eigenvalue weighted by Crippen LogP contribution is 2.28. The van der Waals surface area contributed by atoms with Gasteiger partial charge < -0.3 is 9.72 Å². The van der Waals surface area contributed by atoms with E-state index >= 15 is 0 Å². The highest BCUT2D eigenvalue weighted by atomic mass is 32.1. The van der Waals surface area contributed by atoms with E-state index in [2.05, 4.69) is 4.98 Å². The lowest BCUT2D eigenvalue weighted by Crippen LogP contribution is -2.07. The van der Waals surface area contributed by atoms with E-state index in [1.165, 1.54) is 6.08 Å². The van der Waals surface area contributed by atoms with Gasteiger partial charge in [-0.3, -0.25) is 9.20 Å². The molecule has 0 saturated heterocycles. The first-order valence-electron chi connectivity index (χ1n) is 9.61. The predicted octanol–water partition coefficient (Wildman–Crippen LogP) is 5.08. The zero-order chi connectivity index (χ0) is 21.3. The van der Waals surface area contributed by atoms with Crippen LogP contribution in [0, 0.1) is 13.8 Å². The van der Waals surface area contributed by atoms with Gasteiger partial charge in [-0.05, 0) is 38.5 Å². The Morgan fingerprint density at radius 2 is 2.00 bits per heavy atom. The molecule has 3 heterocycles. The predicted molar refractivity (Wildman–Crippen MR) is 118 cm³/mol. The van der Waals surface area contributed by atoms with Crippen LogP contribution in [-0.2, 0) is 4.74 Å². The molecule has 30 heavy (non-hydrogen) atoms. The number of esters is 1. The number of nitrogens with one attached hydrogen (secondary N) is 1. The summed E-state index contributed by atoms with van der Waals surface area (Å²) in [5.41, 5.74) is 4.69. The molecule has 152 valence electrons. The van der Waals surface area contributed by atoms with Crippen LogP contribution in [0.5, 0.6) is 0 Å². The van der Waals surface area contributed by atoms with Gasteiger partial charge in [0, 0.05) is 28.4 Å². The molecule has 0 amide bonds. The minimum absolute atomic E-state index is 0.180. The number of ether oxygens (including phenoxy) is 1. The number of imidazole rings is 1. The van der Waals surface area contributed by atoms with Gasteiger partial charge in [0.1, 0.15) is 5.69 Å². The second-order valence-corrected chi connectivity index (χ2v) is 7.68. The van der Waals surface area contributed by atoms with Crippen molar-refractivity contribution in [2.75, 3.05) is 6.61 Å². The summed E-state index contributed by atoms with van der Waals surface area (Å²) in [5, 5.41) is 1.96. The quantitative estimate of drug-likeness (QED) is 0.269. The molecule has 0 aliphatic rings. The number of aryl methyl sites for hydroxylation is 1. The van der Waals surface area contributed by atoms with Gasteiger partial charge in [0.2, 0.25) is 0 Å². The molecule has 0 bridgehead atoms. The number of rotatable bonds is 6. The molecule has 0 unspecified atom stereocenters. The van der Waals surface area contributed by atoms with E-state index in [0.717, 1.165) is 21.9 Å². The number of fused-ring (bicyclic) bond motifs is 1. The van der Waals surface area contributed by atoms with Crippen LogP contribution in [-0.4, -0.2) is 32.7 Å². The third-order valence-electron chi connectivity index (χ3n) is 4.90. The number of H-pyrrole nitrogens is 1. The van der Waals surface area contributed by atoms with Crippen molar-refractivity contribution >= 4 is 34.1 Å². The van der Waals surface area contributed by atoms with Crippen LogP contribution in [0.3, 0.4) is 0 Å². The number of nitrogens with zero attached hydrogens (tertiary/aromatic N) is 2. The van der Waals surface area contributed by atoms with Crippen molar-refractivity contribution in [2.45, 2.75) is 20.8 Å². The maximum Gasteiger partial charge on any atom is 0.355 e. The summed E-state index contributed by atoms with van der Waals surface area (Å²) in [6.45, 7) is 5.56. The van der Waals surface area contributed by atoms with E-state index < -0.39 is 5.97 Å². The third-order valence-corrected chi connectivity index (χ3v) is 5.66. The van der Waals surface area contributed by atoms with Gasteiger partial charge in [-0.2, -0.15) is 0 Å². The van der Waals surface area contributed by atoms with Gasteiger partial charge in [0.05, 0.1) is 18.0 Å². The Bertz CT molecular complexity index is 1260. The molecule has 1 N–H and O–H groups in total. The molecular weight excluding hydrogens is 398 g/mol. The zero-order valence-corrected chi connectivity index (χ0v) is 17.7. The van der Waals surface area contributed by atoms with Gasteiger partial charge in [-0.15, -0.1) is 11.3 Å². The van der Waals surface area contributed by atoms with E-state index in [-0.39, 0.29) is 12.4 Å². The van der Waals surface area contributed by atoms with Crippen molar-refractivity contribution in [2.24, 2.45) is 0 Å². The van der Waals surface area contributed by atoms with E-state index in [4.69, 9.17) is 9.72 Å². The minimum atomic E-state index is -0.455. The van der Waals surface area contributed by atoms with Crippen molar-refractivity contribution in [3.8, 4) is 11.3 Å². The van der Waals surface area contributed by atoms with Crippen molar-refractivity contribution in [3.05, 3.63) is 76.2 Å². The normalized spacial score (nSPS) is 11.4. The zero-order valence-electron chi connectivity index (χ0n) is 16.9. The Balaban J connectivity index is 1.72. The van der Waals surface area contributed by atoms with Crippen LogP contribution < -0.4 is 0 Å². The molecule has 1 aromatic carbocycles. The summed E-state index contributed by atoms with van der Waals surface area (Å²) in [6.07, 6.45) is 5.26. The van der Waals surface area contributed by atoms with Gasteiger partial charge in [0.25, 0.3) is 0 Å². The topological polar surface area (TPSA) is 76.5 Å². The second-order valence-electron chi connectivity index (χ2n) is 6.81. The highest BCUT2D eigenvalue weighted by molar-refractivity contribution is 7.15. The highest BCUT2D eigenvalue weighted by Gasteiger charge is 2.22. The number of carbonyl (C=O) groups excluding carboxylic acids is 2. The van der Waals surface area contributed by atoms with E-state index in [9.17, 15) is 9.59 Å². The largest absolute Gasteiger partial charge is 0.461 e. The van der Waals surface area contributed by atoms with Gasteiger partial charge in [-0.1, -0.05) is 30.3 Å². The molecule has 0 radical (unpaired) electrons. The summed E-state index contributed by atoms with van der Waals surface area (Å²) < 4.78 is 7.04. The molecule has 4 rings (SSSR count). The van der Waals surface area contributed by atoms with Crippen LogP contribution in [0.25, 0.3) is 22.3 Å². The van der Waals surface area contributed by atoms with Crippen molar-refractivity contribution < 1.29 is 14.3 Å². The number of thiazole rings is 1. The van der Waals surface area contributed by atoms with Gasteiger partial charge >= 0.3 is 5.97 Å². The fourth-order valence-electron chi connectivity index (χ4n) is 3.54. The Morgan fingerprint density at radius 3 is 2.73 bits per heavy atom. The molecule has 0 spiro atoms. The first-order valence-corrected chi connectivity index (χ1v) is 10.5. The molecule has 0 saturated carbocycles. The summed E-state index contributed by atoms with van der Waals surface area (Å²) in [4.78, 5) is 33.7. The minimum Gasteiger partial charge on any atom is -0.461 e. The average Bonchev–Trinajstić information content (AvgIpc) is 3.40. The molecule has 3 aromatic heterocycles. The Morgan fingerprint density at radius 1 is 1.23 bits per heavy atom. The molecule has 4 aromatic rings. The summed E-state index contributed by atoms with van der Waals surface area (Å²) >= 11 is 1.54. The molecular formula is C23H21N3O3S. The molecule has 0 aliphatic heterocycles. The van der Waals surface area contributed by atoms with Crippen LogP contribution in [0.2, 0.25) is 0 Å². The van der Waals surface area contributed by atoms with E-state index in [1.807, 2.05) is 46.3 Å². The van der Waals surface area contributed by atoms with E-state index in [1.54, 1.807) is 38.2 Å². The summed E-state index contributed by atoms with van der Waals surface area (Å²) in [7, 11) is 0. The number of aromatic amines is 1. The number of hydrogen-bond donors (Lipinski definition) is 1. The SMILES string of the molecule is CCOC(=O)c1[nH]c(C)c(C(=O)C=Cc2c(-c3ccccc3)nc3sccn23)c1C. The van der Waals surface area contributed by atoms with Crippen molar-refractivity contribution in [3.63, 3.8) is 0 Å². The second kappa shape index (κ2) is 8.12. The fraction of sp³-hybridized carbons (Fsp3) is 0.174. The Hall–Kier alpha value is -3.45. The van der Waals surface area contributed by atoms with Gasteiger partial charge in [-0.25, -0.2) is 9.78 Å². The molecule has 7 heteroatoms. The lowest BCUT2D eigenvalue weighted by molar-refractivity contribution is 0.0519. The number of hydrogen-bond acceptors (Lipinski definition) is 5. The number of carbonyl (C=O) groups is 2. The van der Waals surface area contributed by atoms with Crippen LogP contribution in [0.15, 0.2) is 48.0 Å². The summed E-state index contributed by atoms with van der Waals surface area (Å²) in [6, 6.07) is 9.88.